The summed E-state index contributed by atoms with van der Waals surface area (Å²) in [6.07, 6.45) is 1.27. The fourth-order valence-corrected chi connectivity index (χ4v) is 3.66. The van der Waals surface area contributed by atoms with E-state index in [2.05, 4.69) is 29.1 Å². The van der Waals surface area contributed by atoms with E-state index in [0.29, 0.717) is 24.7 Å². The lowest BCUT2D eigenvalue weighted by Gasteiger charge is -2.23. The fourth-order valence-electron chi connectivity index (χ4n) is 2.17. The van der Waals surface area contributed by atoms with Gasteiger partial charge in [0.1, 0.15) is 9.84 Å². The van der Waals surface area contributed by atoms with Gasteiger partial charge in [0.05, 0.1) is 11.5 Å². The molecule has 0 unspecified atom stereocenters. The Kier molecular flexibility index (Phi) is 4.08. The standard InChI is InChI=1S/C13H21N3O2S/c1-9(2)12-8-10(3)14-13(16-12)15-11-4-6-19(17,18)7-5-11/h8-9,11H,4-7H2,1-3H3,(H,14,15,16). The summed E-state index contributed by atoms with van der Waals surface area (Å²) in [4.78, 5) is 8.87. The summed E-state index contributed by atoms with van der Waals surface area (Å²) in [5.41, 5.74) is 1.95. The molecule has 1 aliphatic heterocycles. The summed E-state index contributed by atoms with van der Waals surface area (Å²) < 4.78 is 22.8. The maximum Gasteiger partial charge on any atom is 0.223 e. The highest BCUT2D eigenvalue weighted by Crippen LogP contribution is 2.18. The summed E-state index contributed by atoms with van der Waals surface area (Å²) in [6, 6.07) is 2.14. The van der Waals surface area contributed by atoms with Crippen LogP contribution in [-0.4, -0.2) is 35.9 Å². The Hall–Kier alpha value is -1.17. The maximum atomic E-state index is 11.4. The number of nitrogens with zero attached hydrogens (tertiary/aromatic N) is 2. The van der Waals surface area contributed by atoms with E-state index in [-0.39, 0.29) is 17.5 Å². The average Bonchev–Trinajstić information content (AvgIpc) is 2.31. The molecule has 0 atom stereocenters. The number of aromatic nitrogens is 2. The largest absolute Gasteiger partial charge is 0.351 e. The molecule has 1 saturated heterocycles. The zero-order valence-corrected chi connectivity index (χ0v) is 12.5. The third kappa shape index (κ3) is 3.89. The van der Waals surface area contributed by atoms with Crippen molar-refractivity contribution in [3.63, 3.8) is 0 Å². The quantitative estimate of drug-likeness (QED) is 0.917. The third-order valence-electron chi connectivity index (χ3n) is 3.35. The second-order valence-corrected chi connectivity index (χ2v) is 7.79. The average molecular weight is 283 g/mol. The number of anilines is 1. The molecule has 1 N–H and O–H groups in total. The molecule has 0 saturated carbocycles. The zero-order valence-electron chi connectivity index (χ0n) is 11.7. The molecule has 0 spiro atoms. The molecule has 1 aromatic heterocycles. The fraction of sp³-hybridized carbons (Fsp3) is 0.692. The van der Waals surface area contributed by atoms with Gasteiger partial charge in [0, 0.05) is 17.4 Å². The van der Waals surface area contributed by atoms with Crippen LogP contribution in [0.15, 0.2) is 6.07 Å². The Morgan fingerprint density at radius 3 is 2.47 bits per heavy atom. The Bertz CT molecular complexity index is 541. The lowest BCUT2D eigenvalue weighted by molar-refractivity contribution is 0.558. The second kappa shape index (κ2) is 5.45. The van der Waals surface area contributed by atoms with Gasteiger partial charge in [0.2, 0.25) is 5.95 Å². The molecule has 1 aliphatic rings. The van der Waals surface area contributed by atoms with E-state index >= 15 is 0 Å². The van der Waals surface area contributed by atoms with Crippen LogP contribution in [0, 0.1) is 6.92 Å². The van der Waals surface area contributed by atoms with E-state index < -0.39 is 9.84 Å². The normalized spacial score (nSPS) is 19.6. The molecule has 2 heterocycles. The molecule has 2 rings (SSSR count). The highest BCUT2D eigenvalue weighted by atomic mass is 32.2. The summed E-state index contributed by atoms with van der Waals surface area (Å²) in [6.45, 7) is 6.14. The van der Waals surface area contributed by atoms with Gasteiger partial charge in [-0.15, -0.1) is 0 Å². The number of sulfone groups is 1. The minimum Gasteiger partial charge on any atom is -0.351 e. The van der Waals surface area contributed by atoms with Crippen molar-refractivity contribution >= 4 is 15.8 Å². The lowest BCUT2D eigenvalue weighted by atomic mass is 10.1. The maximum absolute atomic E-state index is 11.4. The van der Waals surface area contributed by atoms with E-state index in [9.17, 15) is 8.42 Å². The van der Waals surface area contributed by atoms with Crippen molar-refractivity contribution in [1.29, 1.82) is 0 Å². The van der Waals surface area contributed by atoms with Gasteiger partial charge in [0.25, 0.3) is 0 Å². The highest BCUT2D eigenvalue weighted by Gasteiger charge is 2.24. The SMILES string of the molecule is Cc1cc(C(C)C)nc(NC2CCS(=O)(=O)CC2)n1. The van der Waals surface area contributed by atoms with E-state index in [0.717, 1.165) is 11.4 Å². The molecule has 5 nitrogen and oxygen atoms in total. The van der Waals surface area contributed by atoms with Crippen molar-refractivity contribution < 1.29 is 8.42 Å². The predicted molar refractivity (Wildman–Crippen MR) is 76.2 cm³/mol. The molecule has 0 aromatic carbocycles. The van der Waals surface area contributed by atoms with Crippen LogP contribution in [0.4, 0.5) is 5.95 Å². The number of rotatable bonds is 3. The topological polar surface area (TPSA) is 72.0 Å². The zero-order chi connectivity index (χ0) is 14.0. The molecule has 1 fully saturated rings. The first-order valence-electron chi connectivity index (χ1n) is 6.68. The number of aryl methyl sites for hydroxylation is 1. The number of nitrogens with one attached hydrogen (secondary N) is 1. The first-order valence-corrected chi connectivity index (χ1v) is 8.50. The van der Waals surface area contributed by atoms with Gasteiger partial charge in [-0.1, -0.05) is 13.8 Å². The van der Waals surface area contributed by atoms with Crippen LogP contribution in [0.2, 0.25) is 0 Å². The molecule has 6 heteroatoms. The minimum absolute atomic E-state index is 0.158. The van der Waals surface area contributed by atoms with Crippen molar-refractivity contribution in [3.05, 3.63) is 17.5 Å². The van der Waals surface area contributed by atoms with Gasteiger partial charge in [-0.05, 0) is 31.7 Å². The predicted octanol–water partition coefficient (Wildman–Crippen LogP) is 1.90. The van der Waals surface area contributed by atoms with Crippen LogP contribution < -0.4 is 5.32 Å². The molecule has 1 aromatic rings. The Balaban J connectivity index is 2.07. The van der Waals surface area contributed by atoms with Crippen LogP contribution >= 0.6 is 0 Å². The van der Waals surface area contributed by atoms with E-state index in [1.54, 1.807) is 0 Å². The smallest absolute Gasteiger partial charge is 0.223 e. The highest BCUT2D eigenvalue weighted by molar-refractivity contribution is 7.91. The molecular formula is C13H21N3O2S. The molecule has 106 valence electrons. The monoisotopic (exact) mass is 283 g/mol. The molecule has 0 amide bonds. The lowest BCUT2D eigenvalue weighted by Crippen LogP contribution is -2.32. The van der Waals surface area contributed by atoms with E-state index in [4.69, 9.17) is 0 Å². The van der Waals surface area contributed by atoms with Crippen molar-refractivity contribution in [3.8, 4) is 0 Å². The van der Waals surface area contributed by atoms with Crippen LogP contribution in [0.5, 0.6) is 0 Å². The van der Waals surface area contributed by atoms with Gasteiger partial charge in [-0.3, -0.25) is 0 Å². The Morgan fingerprint density at radius 1 is 1.26 bits per heavy atom. The molecule has 0 aliphatic carbocycles. The Labute approximate surface area is 114 Å². The summed E-state index contributed by atoms with van der Waals surface area (Å²) >= 11 is 0. The number of hydrogen-bond acceptors (Lipinski definition) is 5. The van der Waals surface area contributed by atoms with Crippen molar-refractivity contribution in [2.75, 3.05) is 16.8 Å². The van der Waals surface area contributed by atoms with Crippen LogP contribution in [0.25, 0.3) is 0 Å². The van der Waals surface area contributed by atoms with Crippen molar-refractivity contribution in [1.82, 2.24) is 9.97 Å². The van der Waals surface area contributed by atoms with Crippen molar-refractivity contribution in [2.45, 2.75) is 45.6 Å². The number of hydrogen-bond donors (Lipinski definition) is 1. The summed E-state index contributed by atoms with van der Waals surface area (Å²) in [5, 5.41) is 3.27. The van der Waals surface area contributed by atoms with E-state index in [1.165, 1.54) is 0 Å². The van der Waals surface area contributed by atoms with Crippen molar-refractivity contribution in [2.24, 2.45) is 0 Å². The molecule has 19 heavy (non-hydrogen) atoms. The summed E-state index contributed by atoms with van der Waals surface area (Å²) in [5.74, 6) is 1.49. The minimum atomic E-state index is -2.82. The first-order chi connectivity index (χ1) is 8.85. The van der Waals surface area contributed by atoms with Gasteiger partial charge >= 0.3 is 0 Å². The first kappa shape index (κ1) is 14.2. The van der Waals surface area contributed by atoms with Crippen LogP contribution in [-0.2, 0) is 9.84 Å². The third-order valence-corrected chi connectivity index (χ3v) is 5.07. The van der Waals surface area contributed by atoms with Gasteiger partial charge in [-0.25, -0.2) is 18.4 Å². The second-order valence-electron chi connectivity index (χ2n) is 5.48. The van der Waals surface area contributed by atoms with Crippen LogP contribution in [0.3, 0.4) is 0 Å². The summed E-state index contributed by atoms with van der Waals surface area (Å²) in [7, 11) is -2.82. The molecule has 0 bridgehead atoms. The molecule has 0 radical (unpaired) electrons. The van der Waals surface area contributed by atoms with Gasteiger partial charge in [0.15, 0.2) is 0 Å². The van der Waals surface area contributed by atoms with Gasteiger partial charge in [-0.2, -0.15) is 0 Å². The van der Waals surface area contributed by atoms with Crippen LogP contribution in [0.1, 0.15) is 44.0 Å². The van der Waals surface area contributed by atoms with E-state index in [1.807, 2.05) is 13.0 Å². The van der Waals surface area contributed by atoms with Gasteiger partial charge < -0.3 is 5.32 Å². The Morgan fingerprint density at radius 2 is 1.89 bits per heavy atom. The molecular weight excluding hydrogens is 262 g/mol.